The zero-order valence-corrected chi connectivity index (χ0v) is 14.8. The van der Waals surface area contributed by atoms with Crippen LogP contribution >= 0.6 is 0 Å². The van der Waals surface area contributed by atoms with Crippen LogP contribution in [0.1, 0.15) is 50.7 Å². The number of ether oxygens (including phenoxy) is 2. The molecular weight excluding hydrogens is 322 g/mol. The van der Waals surface area contributed by atoms with E-state index in [-0.39, 0.29) is 18.5 Å². The topological polar surface area (TPSA) is 70.7 Å². The molecule has 3 heterocycles. The molecule has 0 N–H and O–H groups in total. The Balaban J connectivity index is 1.66. The number of ketones is 1. The van der Waals surface area contributed by atoms with Crippen LogP contribution in [-0.4, -0.2) is 35.6 Å². The van der Waals surface area contributed by atoms with Crippen molar-refractivity contribution in [2.45, 2.75) is 46.3 Å². The second-order valence-corrected chi connectivity index (χ2v) is 6.42. The van der Waals surface area contributed by atoms with Crippen LogP contribution in [-0.2, 0) is 16.0 Å². The number of esters is 1. The molecule has 1 aliphatic heterocycles. The summed E-state index contributed by atoms with van der Waals surface area (Å²) < 4.78 is 18.0. The zero-order valence-electron chi connectivity index (χ0n) is 14.8. The van der Waals surface area contributed by atoms with Gasteiger partial charge in [-0.05, 0) is 45.7 Å². The molecule has 1 saturated heterocycles. The first kappa shape index (κ1) is 17.5. The molecule has 6 nitrogen and oxygen atoms in total. The van der Waals surface area contributed by atoms with E-state index in [1.807, 2.05) is 19.9 Å². The Labute approximate surface area is 146 Å². The summed E-state index contributed by atoms with van der Waals surface area (Å²) >= 11 is 0. The first-order valence-electron chi connectivity index (χ1n) is 8.50. The van der Waals surface area contributed by atoms with Gasteiger partial charge in [0.25, 0.3) is 0 Å². The summed E-state index contributed by atoms with van der Waals surface area (Å²) in [6.45, 7) is 6.83. The SMILES string of the molecule is Cc1occc1C(=O)OCC(=O)c1cc(C)n(C[C@H]2CCCO2)c1C. The van der Waals surface area contributed by atoms with Gasteiger partial charge in [-0.1, -0.05) is 0 Å². The smallest absolute Gasteiger partial charge is 0.342 e. The minimum atomic E-state index is -0.548. The van der Waals surface area contributed by atoms with Crippen molar-refractivity contribution >= 4 is 11.8 Å². The van der Waals surface area contributed by atoms with Crippen molar-refractivity contribution in [1.82, 2.24) is 4.57 Å². The Hall–Kier alpha value is -2.34. The number of furan rings is 1. The number of Topliss-reactive ketones (excluding diaryl/α,β-unsaturated/α-hetero) is 1. The molecule has 0 saturated carbocycles. The summed E-state index contributed by atoms with van der Waals surface area (Å²) in [6, 6.07) is 3.39. The molecule has 6 heteroatoms. The Kier molecular flexibility index (Phi) is 5.08. The highest BCUT2D eigenvalue weighted by Gasteiger charge is 2.22. The van der Waals surface area contributed by atoms with Gasteiger partial charge < -0.3 is 18.5 Å². The summed E-state index contributed by atoms with van der Waals surface area (Å²) in [4.78, 5) is 24.5. The summed E-state index contributed by atoms with van der Waals surface area (Å²) in [5.74, 6) is -0.277. The lowest BCUT2D eigenvalue weighted by Crippen LogP contribution is -2.18. The molecular formula is C19H23NO5. The van der Waals surface area contributed by atoms with Crippen LogP contribution in [0.25, 0.3) is 0 Å². The van der Waals surface area contributed by atoms with Crippen molar-refractivity contribution in [2.75, 3.05) is 13.2 Å². The van der Waals surface area contributed by atoms with E-state index in [4.69, 9.17) is 13.9 Å². The van der Waals surface area contributed by atoms with Gasteiger partial charge in [0, 0.05) is 30.1 Å². The third-order valence-corrected chi connectivity index (χ3v) is 4.70. The fourth-order valence-electron chi connectivity index (χ4n) is 3.24. The molecule has 2 aromatic rings. The summed E-state index contributed by atoms with van der Waals surface area (Å²) in [6.07, 6.45) is 3.75. The molecule has 0 radical (unpaired) electrons. The normalized spacial score (nSPS) is 17.0. The van der Waals surface area contributed by atoms with Gasteiger partial charge in [-0.25, -0.2) is 4.79 Å². The highest BCUT2D eigenvalue weighted by Crippen LogP contribution is 2.21. The molecule has 0 amide bonds. The van der Waals surface area contributed by atoms with E-state index in [0.717, 1.165) is 37.4 Å². The number of hydrogen-bond donors (Lipinski definition) is 0. The lowest BCUT2D eigenvalue weighted by atomic mass is 10.1. The second kappa shape index (κ2) is 7.27. The highest BCUT2D eigenvalue weighted by molar-refractivity contribution is 6.00. The molecule has 134 valence electrons. The average Bonchev–Trinajstić information content (AvgIpc) is 3.30. The summed E-state index contributed by atoms with van der Waals surface area (Å²) in [7, 11) is 0. The van der Waals surface area contributed by atoms with Crippen LogP contribution in [0.4, 0.5) is 0 Å². The largest absolute Gasteiger partial charge is 0.469 e. The minimum absolute atomic E-state index is 0.203. The van der Waals surface area contributed by atoms with Crippen molar-refractivity contribution in [3.8, 4) is 0 Å². The Morgan fingerprint density at radius 1 is 1.28 bits per heavy atom. The number of nitrogens with zero attached hydrogens (tertiary/aromatic N) is 1. The fraction of sp³-hybridized carbons (Fsp3) is 0.474. The lowest BCUT2D eigenvalue weighted by Gasteiger charge is -2.14. The van der Waals surface area contributed by atoms with Crippen LogP contribution in [0.2, 0.25) is 0 Å². The van der Waals surface area contributed by atoms with E-state index >= 15 is 0 Å². The van der Waals surface area contributed by atoms with Crippen LogP contribution in [0.3, 0.4) is 0 Å². The van der Waals surface area contributed by atoms with Gasteiger partial charge in [0.15, 0.2) is 6.61 Å². The van der Waals surface area contributed by atoms with Crippen LogP contribution in [0.5, 0.6) is 0 Å². The van der Waals surface area contributed by atoms with Gasteiger partial charge >= 0.3 is 5.97 Å². The van der Waals surface area contributed by atoms with Gasteiger partial charge in [0.05, 0.1) is 12.4 Å². The number of carbonyl (C=O) groups excluding carboxylic acids is 2. The predicted octanol–water partition coefficient (Wildman–Crippen LogP) is 3.23. The fourth-order valence-corrected chi connectivity index (χ4v) is 3.24. The van der Waals surface area contributed by atoms with Gasteiger partial charge in [-0.15, -0.1) is 0 Å². The van der Waals surface area contributed by atoms with Crippen LogP contribution in [0, 0.1) is 20.8 Å². The quantitative estimate of drug-likeness (QED) is 0.594. The van der Waals surface area contributed by atoms with E-state index in [1.54, 1.807) is 6.92 Å². The van der Waals surface area contributed by atoms with Gasteiger partial charge in [-0.2, -0.15) is 0 Å². The maximum Gasteiger partial charge on any atom is 0.342 e. The van der Waals surface area contributed by atoms with E-state index in [0.29, 0.717) is 16.9 Å². The molecule has 0 spiro atoms. The molecule has 2 aromatic heterocycles. The molecule has 0 bridgehead atoms. The van der Waals surface area contributed by atoms with Gasteiger partial charge in [-0.3, -0.25) is 4.79 Å². The standard InChI is InChI=1S/C19H23NO5/c1-12-9-17(13(2)20(12)10-15-5-4-7-24-15)18(21)11-25-19(22)16-6-8-23-14(16)3/h6,8-9,15H,4-5,7,10-11H2,1-3H3/t15-/m1/s1. The zero-order chi connectivity index (χ0) is 18.0. The Bertz CT molecular complexity index is 780. The molecule has 0 unspecified atom stereocenters. The molecule has 25 heavy (non-hydrogen) atoms. The Morgan fingerprint density at radius 2 is 2.08 bits per heavy atom. The number of carbonyl (C=O) groups is 2. The Morgan fingerprint density at radius 3 is 2.72 bits per heavy atom. The number of aryl methyl sites for hydroxylation is 2. The third kappa shape index (κ3) is 3.69. The van der Waals surface area contributed by atoms with Crippen LogP contribution < -0.4 is 0 Å². The van der Waals surface area contributed by atoms with Crippen molar-refractivity contribution < 1.29 is 23.5 Å². The maximum absolute atomic E-state index is 12.5. The first-order chi connectivity index (χ1) is 12.0. The summed E-state index contributed by atoms with van der Waals surface area (Å²) in [5.41, 5.74) is 2.82. The van der Waals surface area contributed by atoms with E-state index in [9.17, 15) is 9.59 Å². The second-order valence-electron chi connectivity index (χ2n) is 6.42. The lowest BCUT2D eigenvalue weighted by molar-refractivity contribution is 0.0472. The molecule has 0 aliphatic carbocycles. The molecule has 0 aromatic carbocycles. The van der Waals surface area contributed by atoms with Gasteiger partial charge in [0.1, 0.15) is 11.3 Å². The summed E-state index contributed by atoms with van der Waals surface area (Å²) in [5, 5.41) is 0. The molecule has 1 atom stereocenters. The monoisotopic (exact) mass is 345 g/mol. The van der Waals surface area contributed by atoms with Crippen molar-refractivity contribution in [3.05, 3.63) is 46.7 Å². The van der Waals surface area contributed by atoms with Crippen molar-refractivity contribution in [1.29, 1.82) is 0 Å². The molecule has 1 fully saturated rings. The molecule has 3 rings (SSSR count). The van der Waals surface area contributed by atoms with E-state index in [1.165, 1.54) is 12.3 Å². The number of hydrogen-bond acceptors (Lipinski definition) is 5. The maximum atomic E-state index is 12.5. The highest BCUT2D eigenvalue weighted by atomic mass is 16.5. The predicted molar refractivity (Wildman–Crippen MR) is 90.9 cm³/mol. The number of rotatable bonds is 6. The molecule has 1 aliphatic rings. The van der Waals surface area contributed by atoms with Crippen molar-refractivity contribution in [3.63, 3.8) is 0 Å². The third-order valence-electron chi connectivity index (χ3n) is 4.70. The van der Waals surface area contributed by atoms with Gasteiger partial charge in [0.2, 0.25) is 5.78 Å². The van der Waals surface area contributed by atoms with Crippen LogP contribution in [0.15, 0.2) is 22.8 Å². The average molecular weight is 345 g/mol. The van der Waals surface area contributed by atoms with E-state index < -0.39 is 5.97 Å². The number of aromatic nitrogens is 1. The first-order valence-corrected chi connectivity index (χ1v) is 8.50. The minimum Gasteiger partial charge on any atom is -0.469 e. The van der Waals surface area contributed by atoms with Crippen molar-refractivity contribution in [2.24, 2.45) is 0 Å². The van der Waals surface area contributed by atoms with E-state index in [2.05, 4.69) is 4.57 Å².